The Hall–Kier alpha value is -0.870. The molecule has 3 N–H and O–H groups in total. The average Bonchev–Trinajstić information content (AvgIpc) is 2.62. The smallest absolute Gasteiger partial charge is 0.0753 e. The van der Waals surface area contributed by atoms with Gasteiger partial charge in [-0.05, 0) is 18.9 Å². The molecule has 1 aromatic rings. The van der Waals surface area contributed by atoms with Crippen molar-refractivity contribution in [1.82, 2.24) is 10.2 Å². The van der Waals surface area contributed by atoms with Gasteiger partial charge in [-0.3, -0.25) is 5.10 Å². The van der Waals surface area contributed by atoms with Gasteiger partial charge in [0.25, 0.3) is 0 Å². The van der Waals surface area contributed by atoms with Crippen molar-refractivity contribution in [3.63, 3.8) is 0 Å². The summed E-state index contributed by atoms with van der Waals surface area (Å²) in [6, 6.07) is 0. The second-order valence-electron chi connectivity index (χ2n) is 3.97. The van der Waals surface area contributed by atoms with Crippen molar-refractivity contribution in [3.05, 3.63) is 17.0 Å². The van der Waals surface area contributed by atoms with Crippen LogP contribution in [0.2, 0.25) is 0 Å². The van der Waals surface area contributed by atoms with E-state index in [2.05, 4.69) is 17.1 Å². The van der Waals surface area contributed by atoms with Crippen LogP contribution in [0.4, 0.5) is 0 Å². The van der Waals surface area contributed by atoms with Crippen LogP contribution < -0.4 is 5.73 Å². The second-order valence-corrected chi connectivity index (χ2v) is 3.97. The fourth-order valence-corrected chi connectivity index (χ4v) is 1.75. The van der Waals surface area contributed by atoms with Crippen LogP contribution in [0, 0.1) is 5.92 Å². The van der Waals surface area contributed by atoms with E-state index in [1.165, 1.54) is 11.3 Å². The number of nitrogens with one attached hydrogen (secondary N) is 1. The maximum absolute atomic E-state index is 5.60. The number of nitrogens with two attached hydrogens (primary N) is 1. The van der Waals surface area contributed by atoms with Gasteiger partial charge in [-0.15, -0.1) is 0 Å². The van der Waals surface area contributed by atoms with Crippen LogP contribution in [0.25, 0.3) is 0 Å². The first-order chi connectivity index (χ1) is 6.81. The molecular weight excluding hydrogens is 178 g/mol. The third-order valence-electron chi connectivity index (χ3n) is 2.73. The summed E-state index contributed by atoms with van der Waals surface area (Å²) in [6.45, 7) is 4.37. The largest absolute Gasteiger partial charge is 0.376 e. The van der Waals surface area contributed by atoms with E-state index in [1.807, 2.05) is 0 Å². The Bertz CT molecular complexity index is 308. The molecule has 0 saturated carbocycles. The van der Waals surface area contributed by atoms with Gasteiger partial charge < -0.3 is 10.5 Å². The Labute approximate surface area is 83.8 Å². The fraction of sp³-hybridized carbons (Fsp3) is 0.700. The number of H-pyrrole nitrogens is 1. The van der Waals surface area contributed by atoms with Crippen LogP contribution in [0.3, 0.4) is 0 Å². The zero-order valence-electron chi connectivity index (χ0n) is 8.55. The van der Waals surface area contributed by atoms with E-state index in [4.69, 9.17) is 10.5 Å². The Morgan fingerprint density at radius 2 is 2.50 bits per heavy atom. The minimum absolute atomic E-state index is 0.490. The number of nitrogens with zero attached hydrogens (tertiary/aromatic N) is 1. The summed E-state index contributed by atoms with van der Waals surface area (Å²) >= 11 is 0. The normalized spacial score (nSPS) is 17.9. The number of rotatable bonds is 3. The summed E-state index contributed by atoms with van der Waals surface area (Å²) in [5.74, 6) is 0.490. The number of aromatic nitrogens is 2. The molecule has 0 aromatic carbocycles. The first kappa shape index (κ1) is 9.68. The zero-order valence-corrected chi connectivity index (χ0v) is 8.55. The Balaban J connectivity index is 2.14. The molecule has 2 rings (SSSR count). The van der Waals surface area contributed by atoms with Crippen molar-refractivity contribution in [2.24, 2.45) is 11.7 Å². The van der Waals surface area contributed by atoms with Gasteiger partial charge in [-0.1, -0.05) is 6.92 Å². The van der Waals surface area contributed by atoms with E-state index < -0.39 is 0 Å². The summed E-state index contributed by atoms with van der Waals surface area (Å²) in [7, 11) is 0. The lowest BCUT2D eigenvalue weighted by molar-refractivity contribution is 0.109. The highest BCUT2D eigenvalue weighted by atomic mass is 16.5. The quantitative estimate of drug-likeness (QED) is 0.743. The highest BCUT2D eigenvalue weighted by Gasteiger charge is 2.18. The van der Waals surface area contributed by atoms with Gasteiger partial charge in [-0.25, -0.2) is 0 Å². The minimum atomic E-state index is 0.490. The lowest BCUT2D eigenvalue weighted by Crippen LogP contribution is -2.15. The summed E-state index contributed by atoms with van der Waals surface area (Å²) in [5, 5.41) is 7.41. The zero-order chi connectivity index (χ0) is 9.97. The molecule has 1 aliphatic rings. The predicted octanol–water partition coefficient (Wildman–Crippen LogP) is 0.620. The second kappa shape index (κ2) is 4.11. The molecular formula is C10H17N3O. The molecule has 4 heteroatoms. The van der Waals surface area contributed by atoms with Crippen LogP contribution in [0.5, 0.6) is 0 Å². The van der Waals surface area contributed by atoms with E-state index in [-0.39, 0.29) is 0 Å². The van der Waals surface area contributed by atoms with Crippen molar-refractivity contribution in [2.45, 2.75) is 26.4 Å². The van der Waals surface area contributed by atoms with Crippen LogP contribution in [0.1, 0.15) is 23.9 Å². The molecule has 0 radical (unpaired) electrons. The highest BCUT2D eigenvalue weighted by molar-refractivity contribution is 5.26. The van der Waals surface area contributed by atoms with E-state index in [0.717, 1.165) is 25.1 Å². The number of hydrogen-bond donors (Lipinski definition) is 2. The van der Waals surface area contributed by atoms with Gasteiger partial charge in [-0.2, -0.15) is 5.10 Å². The lowest BCUT2D eigenvalue weighted by Gasteiger charge is -2.13. The molecule has 0 spiro atoms. The molecule has 0 amide bonds. The van der Waals surface area contributed by atoms with Gasteiger partial charge in [0, 0.05) is 17.7 Å². The van der Waals surface area contributed by atoms with Gasteiger partial charge >= 0.3 is 0 Å². The van der Waals surface area contributed by atoms with Crippen molar-refractivity contribution < 1.29 is 4.74 Å². The summed E-state index contributed by atoms with van der Waals surface area (Å²) in [6.07, 6.45) is 1.91. The van der Waals surface area contributed by atoms with Crippen molar-refractivity contribution in [2.75, 3.05) is 13.2 Å². The fourth-order valence-electron chi connectivity index (χ4n) is 1.75. The monoisotopic (exact) mass is 195 g/mol. The summed E-state index contributed by atoms with van der Waals surface area (Å²) < 4.78 is 5.42. The minimum Gasteiger partial charge on any atom is -0.376 e. The van der Waals surface area contributed by atoms with E-state index in [0.29, 0.717) is 19.1 Å². The van der Waals surface area contributed by atoms with Crippen molar-refractivity contribution in [1.29, 1.82) is 0 Å². The summed E-state index contributed by atoms with van der Waals surface area (Å²) in [5.41, 5.74) is 9.24. The number of fused-ring (bicyclic) bond motifs is 1. The van der Waals surface area contributed by atoms with Crippen LogP contribution >= 0.6 is 0 Å². The predicted molar refractivity (Wildman–Crippen MR) is 53.9 cm³/mol. The van der Waals surface area contributed by atoms with Crippen molar-refractivity contribution in [3.8, 4) is 0 Å². The molecule has 1 unspecified atom stereocenters. The van der Waals surface area contributed by atoms with E-state index in [9.17, 15) is 0 Å². The Kier molecular flexibility index (Phi) is 2.84. The first-order valence-electron chi connectivity index (χ1n) is 5.14. The molecule has 0 fully saturated rings. The third kappa shape index (κ3) is 1.81. The van der Waals surface area contributed by atoms with Crippen LogP contribution in [-0.4, -0.2) is 23.3 Å². The number of aromatic amines is 1. The first-order valence-corrected chi connectivity index (χ1v) is 5.14. The van der Waals surface area contributed by atoms with Gasteiger partial charge in [0.05, 0.1) is 18.9 Å². The average molecular weight is 195 g/mol. The Morgan fingerprint density at radius 3 is 3.29 bits per heavy atom. The molecule has 1 aromatic heterocycles. The lowest BCUT2D eigenvalue weighted by atomic mass is 10.0. The Morgan fingerprint density at radius 1 is 1.64 bits per heavy atom. The maximum Gasteiger partial charge on any atom is 0.0753 e. The van der Waals surface area contributed by atoms with Gasteiger partial charge in [0.15, 0.2) is 0 Å². The topological polar surface area (TPSA) is 63.9 Å². The molecule has 0 bridgehead atoms. The molecule has 2 heterocycles. The maximum atomic E-state index is 5.60. The number of hydrogen-bond acceptors (Lipinski definition) is 3. The van der Waals surface area contributed by atoms with Gasteiger partial charge in [0.2, 0.25) is 0 Å². The molecule has 14 heavy (non-hydrogen) atoms. The molecule has 0 aliphatic carbocycles. The molecule has 4 nitrogen and oxygen atoms in total. The SMILES string of the molecule is CC(CN)Cc1n[nH]c2c1COCC2. The molecule has 0 saturated heterocycles. The van der Waals surface area contributed by atoms with Crippen molar-refractivity contribution >= 4 is 0 Å². The van der Waals surface area contributed by atoms with E-state index >= 15 is 0 Å². The van der Waals surface area contributed by atoms with E-state index in [1.54, 1.807) is 0 Å². The highest BCUT2D eigenvalue weighted by Crippen LogP contribution is 2.20. The summed E-state index contributed by atoms with van der Waals surface area (Å²) in [4.78, 5) is 0. The van der Waals surface area contributed by atoms with Gasteiger partial charge in [0.1, 0.15) is 0 Å². The van der Waals surface area contributed by atoms with Crippen LogP contribution in [-0.2, 0) is 24.2 Å². The van der Waals surface area contributed by atoms with Crippen LogP contribution in [0.15, 0.2) is 0 Å². The number of ether oxygens (including phenoxy) is 1. The third-order valence-corrected chi connectivity index (χ3v) is 2.73. The molecule has 1 aliphatic heterocycles. The molecule has 78 valence electrons. The molecule has 1 atom stereocenters. The standard InChI is InChI=1S/C10H17N3O/c1-7(5-11)4-10-8-6-14-3-2-9(8)12-13-10/h7H,2-6,11H2,1H3,(H,12,13).